The number of carbonyl (C=O) groups is 1. The van der Waals surface area contributed by atoms with Gasteiger partial charge in [-0.05, 0) is 38.1 Å². The van der Waals surface area contributed by atoms with E-state index in [1.54, 1.807) is 33.2 Å². The van der Waals surface area contributed by atoms with Crippen molar-refractivity contribution in [1.82, 2.24) is 9.80 Å². The summed E-state index contributed by atoms with van der Waals surface area (Å²) in [5, 5.41) is 0. The van der Waals surface area contributed by atoms with Crippen LogP contribution in [0.1, 0.15) is 18.9 Å². The van der Waals surface area contributed by atoms with Gasteiger partial charge >= 0.3 is 6.61 Å². The van der Waals surface area contributed by atoms with Crippen LogP contribution in [0.5, 0.6) is 5.75 Å². The first-order valence-corrected chi connectivity index (χ1v) is 10.1. The van der Waals surface area contributed by atoms with Crippen molar-refractivity contribution in [2.24, 2.45) is 0 Å². The molecule has 1 amide bonds. The van der Waals surface area contributed by atoms with E-state index in [0.717, 1.165) is 5.56 Å². The highest BCUT2D eigenvalue weighted by molar-refractivity contribution is 7.91. The number of carbonyl (C=O) groups excluding carboxylic acids is 1. The number of rotatable bonds is 7. The van der Waals surface area contributed by atoms with Crippen molar-refractivity contribution in [2.45, 2.75) is 38.6 Å². The molecule has 6 nitrogen and oxygen atoms in total. The van der Waals surface area contributed by atoms with Crippen LogP contribution < -0.4 is 4.74 Å². The number of halogens is 2. The second kappa shape index (κ2) is 8.30. The van der Waals surface area contributed by atoms with Crippen LogP contribution in [0.15, 0.2) is 24.3 Å². The highest BCUT2D eigenvalue weighted by atomic mass is 32.2. The summed E-state index contributed by atoms with van der Waals surface area (Å²) in [5.41, 5.74) is 0.847. The number of amides is 1. The third-order valence-electron chi connectivity index (χ3n) is 4.70. The largest absolute Gasteiger partial charge is 0.435 e. The van der Waals surface area contributed by atoms with Gasteiger partial charge < -0.3 is 9.64 Å². The van der Waals surface area contributed by atoms with Gasteiger partial charge in [0.2, 0.25) is 5.91 Å². The lowest BCUT2D eigenvalue weighted by Gasteiger charge is -2.31. The molecule has 1 aliphatic heterocycles. The van der Waals surface area contributed by atoms with Crippen LogP contribution in [0.3, 0.4) is 0 Å². The zero-order valence-electron chi connectivity index (χ0n) is 15.1. The molecule has 0 bridgehead atoms. The van der Waals surface area contributed by atoms with E-state index in [1.807, 2.05) is 4.90 Å². The minimum atomic E-state index is -3.05. The second-order valence-corrected chi connectivity index (χ2v) is 8.85. The number of benzene rings is 1. The number of hydrogen-bond donors (Lipinski definition) is 0. The average molecular weight is 390 g/mol. The van der Waals surface area contributed by atoms with E-state index in [0.29, 0.717) is 13.0 Å². The molecule has 1 aromatic rings. The predicted molar refractivity (Wildman–Crippen MR) is 93.8 cm³/mol. The molecule has 1 saturated heterocycles. The Labute approximate surface area is 152 Å². The monoisotopic (exact) mass is 390 g/mol. The van der Waals surface area contributed by atoms with Crippen LogP contribution in [0.2, 0.25) is 0 Å². The number of alkyl halides is 2. The lowest BCUT2D eigenvalue weighted by molar-refractivity contribution is -0.136. The Hall–Kier alpha value is -1.74. The van der Waals surface area contributed by atoms with Crippen molar-refractivity contribution in [3.63, 3.8) is 0 Å². The fraction of sp³-hybridized carbons (Fsp3) is 0.588. The molecule has 0 aromatic heterocycles. The van der Waals surface area contributed by atoms with Crippen molar-refractivity contribution in [3.8, 4) is 5.75 Å². The summed E-state index contributed by atoms with van der Waals surface area (Å²) >= 11 is 0. The summed E-state index contributed by atoms with van der Waals surface area (Å²) in [4.78, 5) is 16.0. The fourth-order valence-corrected chi connectivity index (χ4v) is 4.72. The summed E-state index contributed by atoms with van der Waals surface area (Å²) in [6, 6.07) is 5.51. The number of ether oxygens (including phenoxy) is 1. The Balaban J connectivity index is 1.93. The normalized spacial score (nSPS) is 20.3. The molecule has 0 radical (unpaired) electrons. The average Bonchev–Trinajstić information content (AvgIpc) is 2.94. The summed E-state index contributed by atoms with van der Waals surface area (Å²) in [6.07, 6.45) is 0.465. The summed E-state index contributed by atoms with van der Waals surface area (Å²) in [7, 11) is 0.363. The molecule has 0 unspecified atom stereocenters. The standard InChI is InChI=1S/C17H24F2N2O4S/c1-12(16(22)21(3)14-8-9-26(23,24)11-14)20(2)10-13-4-6-15(7-5-13)25-17(18)19/h4-7,12,14,17H,8-11H2,1-3H3/t12-,14-/m0/s1. The summed E-state index contributed by atoms with van der Waals surface area (Å²) in [5.74, 6) is 0.0639. The van der Waals surface area contributed by atoms with Crippen LogP contribution >= 0.6 is 0 Å². The smallest absolute Gasteiger partial charge is 0.387 e. The third kappa shape index (κ3) is 5.38. The van der Waals surface area contributed by atoms with Crippen LogP contribution in [-0.2, 0) is 21.2 Å². The van der Waals surface area contributed by atoms with E-state index in [9.17, 15) is 22.0 Å². The first-order valence-electron chi connectivity index (χ1n) is 8.30. The van der Waals surface area contributed by atoms with E-state index >= 15 is 0 Å². The minimum absolute atomic E-state index is 0.0112. The molecule has 1 heterocycles. The van der Waals surface area contributed by atoms with Gasteiger partial charge in [-0.15, -0.1) is 0 Å². The van der Waals surface area contributed by atoms with Gasteiger partial charge in [-0.3, -0.25) is 9.69 Å². The molecule has 0 aliphatic carbocycles. The van der Waals surface area contributed by atoms with Gasteiger partial charge in [-0.25, -0.2) is 8.42 Å². The molecule has 2 atom stereocenters. The lowest BCUT2D eigenvalue weighted by Crippen LogP contribution is -2.48. The molecule has 2 rings (SSSR count). The Kier molecular flexibility index (Phi) is 6.57. The zero-order chi connectivity index (χ0) is 19.5. The first kappa shape index (κ1) is 20.6. The number of sulfone groups is 1. The van der Waals surface area contributed by atoms with E-state index in [4.69, 9.17) is 0 Å². The van der Waals surface area contributed by atoms with E-state index in [-0.39, 0.29) is 29.2 Å². The van der Waals surface area contributed by atoms with Crippen molar-refractivity contribution < 1.29 is 26.7 Å². The van der Waals surface area contributed by atoms with Crippen LogP contribution in [0, 0.1) is 0 Å². The Morgan fingerprint density at radius 2 is 1.88 bits per heavy atom. The van der Waals surface area contributed by atoms with Gasteiger partial charge in [0.05, 0.1) is 17.5 Å². The van der Waals surface area contributed by atoms with Crippen molar-refractivity contribution in [1.29, 1.82) is 0 Å². The molecule has 0 spiro atoms. The first-order chi connectivity index (χ1) is 12.1. The zero-order valence-corrected chi connectivity index (χ0v) is 15.9. The van der Waals surface area contributed by atoms with Crippen molar-refractivity contribution in [2.75, 3.05) is 25.6 Å². The second-order valence-electron chi connectivity index (χ2n) is 6.62. The van der Waals surface area contributed by atoms with Gasteiger partial charge in [-0.2, -0.15) is 8.78 Å². The van der Waals surface area contributed by atoms with Gasteiger partial charge in [0.15, 0.2) is 9.84 Å². The molecule has 146 valence electrons. The molecule has 1 aliphatic rings. The summed E-state index contributed by atoms with van der Waals surface area (Å²) in [6.45, 7) is -0.661. The van der Waals surface area contributed by atoms with Crippen LogP contribution in [-0.4, -0.2) is 68.4 Å². The van der Waals surface area contributed by atoms with Gasteiger partial charge in [0.25, 0.3) is 0 Å². The van der Waals surface area contributed by atoms with Gasteiger partial charge in [0.1, 0.15) is 5.75 Å². The Bertz CT molecular complexity index is 725. The highest BCUT2D eigenvalue weighted by Crippen LogP contribution is 2.19. The molecule has 1 fully saturated rings. The number of likely N-dealkylation sites (N-methyl/N-ethyl adjacent to an activating group) is 2. The molecular weight excluding hydrogens is 366 g/mol. The summed E-state index contributed by atoms with van der Waals surface area (Å²) < 4.78 is 51.8. The van der Waals surface area contributed by atoms with Crippen LogP contribution in [0.4, 0.5) is 8.78 Å². The van der Waals surface area contributed by atoms with Crippen molar-refractivity contribution >= 4 is 15.7 Å². The topological polar surface area (TPSA) is 66.9 Å². The molecule has 0 saturated carbocycles. The Morgan fingerprint density at radius 1 is 1.27 bits per heavy atom. The lowest BCUT2D eigenvalue weighted by atomic mass is 10.1. The Morgan fingerprint density at radius 3 is 2.38 bits per heavy atom. The maximum Gasteiger partial charge on any atom is 0.387 e. The molecular formula is C17H24F2N2O4S. The number of nitrogens with zero attached hydrogens (tertiary/aromatic N) is 2. The highest BCUT2D eigenvalue weighted by Gasteiger charge is 2.34. The van der Waals surface area contributed by atoms with Gasteiger partial charge in [0, 0.05) is 19.6 Å². The molecule has 9 heteroatoms. The molecule has 26 heavy (non-hydrogen) atoms. The van der Waals surface area contributed by atoms with E-state index in [1.165, 1.54) is 17.0 Å². The van der Waals surface area contributed by atoms with E-state index in [2.05, 4.69) is 4.74 Å². The maximum absolute atomic E-state index is 12.6. The fourth-order valence-electron chi connectivity index (χ4n) is 2.95. The SMILES string of the molecule is C[C@@H](C(=O)N(C)[C@H]1CCS(=O)(=O)C1)N(C)Cc1ccc(OC(F)F)cc1. The maximum atomic E-state index is 12.6. The van der Waals surface area contributed by atoms with E-state index < -0.39 is 22.5 Å². The number of hydrogen-bond acceptors (Lipinski definition) is 5. The molecule has 1 aromatic carbocycles. The molecule has 0 N–H and O–H groups in total. The quantitative estimate of drug-likeness (QED) is 0.710. The van der Waals surface area contributed by atoms with Crippen LogP contribution in [0.25, 0.3) is 0 Å². The van der Waals surface area contributed by atoms with Crippen molar-refractivity contribution in [3.05, 3.63) is 29.8 Å². The minimum Gasteiger partial charge on any atom is -0.435 e. The van der Waals surface area contributed by atoms with Gasteiger partial charge in [-0.1, -0.05) is 12.1 Å². The third-order valence-corrected chi connectivity index (χ3v) is 6.45. The predicted octanol–water partition coefficient (Wildman–Crippen LogP) is 1.75.